The van der Waals surface area contributed by atoms with E-state index in [2.05, 4.69) is 58.0 Å². The number of benzene rings is 2. The fraction of sp³-hybridized carbons (Fsp3) is 0.359. The molecule has 0 spiro atoms. The van der Waals surface area contributed by atoms with Crippen LogP contribution < -0.4 is 21.7 Å². The van der Waals surface area contributed by atoms with Gasteiger partial charge in [0.2, 0.25) is 0 Å². The summed E-state index contributed by atoms with van der Waals surface area (Å²) in [6.07, 6.45) is 12.4. The quantitative estimate of drug-likeness (QED) is 0.107. The van der Waals surface area contributed by atoms with E-state index in [1.807, 2.05) is 65.2 Å². The number of rotatable bonds is 10. The Kier molecular flexibility index (Phi) is 13.1. The molecular formula is C39H43Br2Cl2N11O. The molecule has 12 nitrogen and oxygen atoms in total. The van der Waals surface area contributed by atoms with Gasteiger partial charge in [0, 0.05) is 65.0 Å². The molecule has 2 fully saturated rings. The zero-order chi connectivity index (χ0) is 38.3. The standard InChI is InChI=1S/C20H22BrClN6O.C19H21BrClN5/c21-15-12-25-28-18(24-9-8-13-5-3-4-10-27(13)20(23)29)11-17(26-19(15)28)14-6-1-2-7-16(14)22;20-15-12-24-26-18(23-10-8-13-5-3-4-9-22-13)11-17(25-19(15)26)14-6-1-2-7-16(14)21/h1-2,6-7,11-13,24H,3-5,8-10H2,(H2,23,29);1-2,6-7,11-13,22-23H,3-5,8-10H2. The van der Waals surface area contributed by atoms with Gasteiger partial charge in [-0.15, -0.1) is 0 Å². The van der Waals surface area contributed by atoms with Gasteiger partial charge < -0.3 is 26.6 Å². The van der Waals surface area contributed by atoms with Crippen molar-refractivity contribution in [2.75, 3.05) is 36.8 Å². The highest BCUT2D eigenvalue weighted by molar-refractivity contribution is 9.11. The highest BCUT2D eigenvalue weighted by Gasteiger charge is 2.25. The van der Waals surface area contributed by atoms with E-state index >= 15 is 0 Å². The molecule has 2 unspecified atom stereocenters. The average molecular weight is 913 g/mol. The second-order valence-electron chi connectivity index (χ2n) is 13.7. The first-order valence-corrected chi connectivity index (χ1v) is 21.0. The largest absolute Gasteiger partial charge is 0.370 e. The number of anilines is 2. The van der Waals surface area contributed by atoms with Crippen LogP contribution in [0.5, 0.6) is 0 Å². The van der Waals surface area contributed by atoms with Crippen molar-refractivity contribution in [1.82, 2.24) is 39.4 Å². The summed E-state index contributed by atoms with van der Waals surface area (Å²) in [4.78, 5) is 22.9. The van der Waals surface area contributed by atoms with Crippen molar-refractivity contribution in [2.24, 2.45) is 5.73 Å². The van der Waals surface area contributed by atoms with Gasteiger partial charge in [0.1, 0.15) is 11.6 Å². The van der Waals surface area contributed by atoms with Crippen molar-refractivity contribution in [1.29, 1.82) is 0 Å². The fourth-order valence-electron chi connectivity index (χ4n) is 7.24. The van der Waals surface area contributed by atoms with E-state index in [4.69, 9.17) is 38.9 Å². The maximum Gasteiger partial charge on any atom is 0.315 e. The molecule has 55 heavy (non-hydrogen) atoms. The highest BCUT2D eigenvalue weighted by atomic mass is 79.9. The van der Waals surface area contributed by atoms with Crippen LogP contribution in [-0.4, -0.2) is 78.4 Å². The molecule has 16 heteroatoms. The molecule has 2 aliphatic heterocycles. The molecule has 4 aromatic heterocycles. The molecule has 2 aliphatic rings. The number of carbonyl (C=O) groups excluding carboxylic acids is 1. The number of piperidine rings is 2. The Labute approximate surface area is 346 Å². The number of nitrogens with zero attached hydrogens (tertiary/aromatic N) is 7. The van der Waals surface area contributed by atoms with Crippen LogP contribution in [0.3, 0.4) is 0 Å². The predicted octanol–water partition coefficient (Wildman–Crippen LogP) is 9.30. The molecule has 0 saturated carbocycles. The van der Waals surface area contributed by atoms with Gasteiger partial charge >= 0.3 is 6.03 Å². The number of amides is 2. The minimum atomic E-state index is -0.335. The fourth-order valence-corrected chi connectivity index (χ4v) is 8.40. The number of nitrogens with one attached hydrogen (secondary N) is 3. The third-order valence-corrected chi connectivity index (χ3v) is 11.8. The number of halogens is 4. The first-order valence-electron chi connectivity index (χ1n) is 18.6. The van der Waals surface area contributed by atoms with E-state index in [1.165, 1.54) is 19.3 Å². The number of hydrogen-bond donors (Lipinski definition) is 4. The van der Waals surface area contributed by atoms with Crippen molar-refractivity contribution in [2.45, 2.75) is 63.5 Å². The number of fused-ring (bicyclic) bond motifs is 2. The monoisotopic (exact) mass is 909 g/mol. The van der Waals surface area contributed by atoms with E-state index in [0.717, 1.165) is 100 Å². The topological polar surface area (TPSA) is 143 Å². The first kappa shape index (κ1) is 39.3. The molecular weight excluding hydrogens is 869 g/mol. The Morgan fingerprint density at radius 2 is 1.33 bits per heavy atom. The van der Waals surface area contributed by atoms with Gasteiger partial charge in [0.25, 0.3) is 0 Å². The molecule has 2 saturated heterocycles. The van der Waals surface area contributed by atoms with Crippen LogP contribution in [0.4, 0.5) is 16.4 Å². The van der Waals surface area contributed by atoms with Gasteiger partial charge in [0.15, 0.2) is 11.3 Å². The summed E-state index contributed by atoms with van der Waals surface area (Å²) in [7, 11) is 0. The van der Waals surface area contributed by atoms with E-state index in [9.17, 15) is 4.79 Å². The van der Waals surface area contributed by atoms with Gasteiger partial charge in [-0.2, -0.15) is 19.2 Å². The zero-order valence-corrected chi connectivity index (χ0v) is 34.9. The van der Waals surface area contributed by atoms with Crippen LogP contribution in [0.1, 0.15) is 51.4 Å². The molecule has 5 N–H and O–H groups in total. The summed E-state index contributed by atoms with van der Waals surface area (Å²) in [5, 5.41) is 20.8. The summed E-state index contributed by atoms with van der Waals surface area (Å²) in [6.45, 7) is 3.44. The molecule has 0 radical (unpaired) electrons. The number of urea groups is 1. The zero-order valence-electron chi connectivity index (χ0n) is 30.2. The Morgan fingerprint density at radius 3 is 1.85 bits per heavy atom. The molecule has 0 bridgehead atoms. The Hall–Kier alpha value is -3.95. The number of aromatic nitrogens is 6. The van der Waals surface area contributed by atoms with Crippen LogP contribution in [0, 0.1) is 0 Å². The SMILES string of the molecule is Clc1ccccc1-c1cc(NCCC2CCCCN2)n2ncc(Br)c2n1.NC(=O)N1CCCCC1CCNc1cc(-c2ccccc2Cl)nc2c(Br)cnn12. The molecule has 288 valence electrons. The Morgan fingerprint density at radius 1 is 0.782 bits per heavy atom. The lowest BCUT2D eigenvalue weighted by Crippen LogP contribution is -2.47. The minimum absolute atomic E-state index is 0.165. The van der Waals surface area contributed by atoms with E-state index in [0.29, 0.717) is 28.3 Å². The van der Waals surface area contributed by atoms with Crippen LogP contribution in [0.25, 0.3) is 33.8 Å². The number of carbonyl (C=O) groups is 1. The van der Waals surface area contributed by atoms with Gasteiger partial charge in [-0.3, -0.25) is 0 Å². The van der Waals surface area contributed by atoms with Crippen molar-refractivity contribution in [3.63, 3.8) is 0 Å². The number of nitrogens with two attached hydrogens (primary N) is 1. The third kappa shape index (κ3) is 9.37. The molecule has 8 rings (SSSR count). The third-order valence-electron chi connectivity index (χ3n) is 10.1. The van der Waals surface area contributed by atoms with Crippen molar-refractivity contribution < 1.29 is 4.79 Å². The van der Waals surface area contributed by atoms with Crippen LogP contribution in [0.15, 0.2) is 82.0 Å². The molecule has 2 amide bonds. The number of likely N-dealkylation sites (tertiary alicyclic amines) is 1. The molecule has 6 aromatic rings. The predicted molar refractivity (Wildman–Crippen MR) is 228 cm³/mol. The van der Waals surface area contributed by atoms with Crippen LogP contribution >= 0.6 is 55.1 Å². The van der Waals surface area contributed by atoms with Crippen LogP contribution in [-0.2, 0) is 0 Å². The van der Waals surface area contributed by atoms with E-state index < -0.39 is 0 Å². The second kappa shape index (κ2) is 18.3. The maximum absolute atomic E-state index is 11.7. The van der Waals surface area contributed by atoms with Gasteiger partial charge in [-0.1, -0.05) is 66.0 Å². The van der Waals surface area contributed by atoms with Gasteiger partial charge in [0.05, 0.1) is 32.7 Å². The van der Waals surface area contributed by atoms with E-state index in [-0.39, 0.29) is 12.1 Å². The van der Waals surface area contributed by atoms with Crippen molar-refractivity contribution in [3.8, 4) is 22.5 Å². The lowest BCUT2D eigenvalue weighted by atomic mass is 10.00. The molecule has 6 heterocycles. The maximum atomic E-state index is 11.7. The Balaban J connectivity index is 0.000000170. The highest BCUT2D eigenvalue weighted by Crippen LogP contribution is 2.32. The van der Waals surface area contributed by atoms with E-state index in [1.54, 1.807) is 21.8 Å². The average Bonchev–Trinajstić information content (AvgIpc) is 3.77. The number of hydrogen-bond acceptors (Lipinski definition) is 8. The van der Waals surface area contributed by atoms with Gasteiger partial charge in [-0.05, 0) is 95.5 Å². The van der Waals surface area contributed by atoms with Gasteiger partial charge in [-0.25, -0.2) is 14.8 Å². The Bertz CT molecular complexity index is 2260. The first-order chi connectivity index (χ1) is 26.8. The van der Waals surface area contributed by atoms with Crippen molar-refractivity contribution >= 4 is 84.0 Å². The second-order valence-corrected chi connectivity index (χ2v) is 16.3. The summed E-state index contributed by atoms with van der Waals surface area (Å²) >= 11 is 19.8. The smallest absolute Gasteiger partial charge is 0.315 e. The molecule has 0 aliphatic carbocycles. The summed E-state index contributed by atoms with van der Waals surface area (Å²) < 4.78 is 5.26. The molecule has 2 atom stereocenters. The number of primary amides is 1. The van der Waals surface area contributed by atoms with Crippen LogP contribution in [0.2, 0.25) is 10.0 Å². The lowest BCUT2D eigenvalue weighted by Gasteiger charge is -2.34. The summed E-state index contributed by atoms with van der Waals surface area (Å²) in [5.41, 5.74) is 10.4. The molecule has 2 aromatic carbocycles. The summed E-state index contributed by atoms with van der Waals surface area (Å²) in [5.74, 6) is 1.74. The summed E-state index contributed by atoms with van der Waals surface area (Å²) in [6, 6.07) is 19.8. The lowest BCUT2D eigenvalue weighted by molar-refractivity contribution is 0.156. The normalized spacial score (nSPS) is 17.2. The van der Waals surface area contributed by atoms with Crippen molar-refractivity contribution in [3.05, 3.63) is 92.0 Å². The minimum Gasteiger partial charge on any atom is -0.370 e.